The van der Waals surface area contributed by atoms with Crippen LogP contribution in [-0.2, 0) is 61.9 Å². The number of likely N-dealkylation sites (N-methyl/N-ethyl adjacent to an activating group) is 1. The highest BCUT2D eigenvalue weighted by Crippen LogP contribution is 2.38. The number of carbonyl (C=O) groups excluding carboxylic acids is 5. The first kappa shape index (κ1) is 48.0. The van der Waals surface area contributed by atoms with E-state index in [4.69, 9.17) is 37.9 Å². The summed E-state index contributed by atoms with van der Waals surface area (Å²) >= 11 is 0. The molecule has 330 valence electrons. The van der Waals surface area contributed by atoms with Crippen LogP contribution in [0.5, 0.6) is 0 Å². The predicted octanol–water partition coefficient (Wildman–Crippen LogP) is 2.71. The quantitative estimate of drug-likeness (QED) is 0.165. The van der Waals surface area contributed by atoms with Gasteiger partial charge in [-0.3, -0.25) is 19.2 Å². The van der Waals surface area contributed by atoms with Crippen LogP contribution in [0.15, 0.2) is 12.2 Å². The third-order valence-electron chi connectivity index (χ3n) is 11.7. The van der Waals surface area contributed by atoms with Crippen molar-refractivity contribution in [3.63, 3.8) is 0 Å². The van der Waals surface area contributed by atoms with Crippen LogP contribution in [0.2, 0.25) is 0 Å². The van der Waals surface area contributed by atoms with Gasteiger partial charge in [-0.15, -0.1) is 0 Å². The van der Waals surface area contributed by atoms with E-state index in [9.17, 15) is 34.2 Å². The SMILES string of the molecule is COC1C(C(C)=O)CC(=O)OC(C)CC2OC2C=CC(=O)C(C)CC(CC=O)C1OC1OC(C)C(OC2CC(C)(O)C(OC(=O)CC(C)C)C(C)O2)C(N(C)C)C1O. The maximum atomic E-state index is 13.4. The Balaban J connectivity index is 1.62. The molecule has 16 heteroatoms. The zero-order valence-electron chi connectivity index (χ0n) is 35.9. The van der Waals surface area contributed by atoms with E-state index >= 15 is 0 Å². The fraction of sp³-hybridized carbons (Fsp3) is 0.833. The number of cyclic esters (lactones) is 1. The van der Waals surface area contributed by atoms with Crippen LogP contribution in [0.3, 0.4) is 0 Å². The molecule has 0 radical (unpaired) electrons. The van der Waals surface area contributed by atoms with Gasteiger partial charge in [-0.2, -0.15) is 0 Å². The van der Waals surface area contributed by atoms with Gasteiger partial charge in [-0.1, -0.05) is 20.8 Å². The van der Waals surface area contributed by atoms with Crippen LogP contribution >= 0.6 is 0 Å². The first-order valence-electron chi connectivity index (χ1n) is 20.6. The van der Waals surface area contributed by atoms with Gasteiger partial charge >= 0.3 is 11.9 Å². The van der Waals surface area contributed by atoms with E-state index < -0.39 is 103 Å². The van der Waals surface area contributed by atoms with Crippen molar-refractivity contribution in [2.24, 2.45) is 23.7 Å². The summed E-state index contributed by atoms with van der Waals surface area (Å²) in [5.41, 5.74) is -1.50. The molecular formula is C42H67NO15. The summed E-state index contributed by atoms with van der Waals surface area (Å²) in [6, 6.07) is -0.782. The Kier molecular flexibility index (Phi) is 17.2. The van der Waals surface area contributed by atoms with Crippen molar-refractivity contribution in [1.29, 1.82) is 0 Å². The third-order valence-corrected chi connectivity index (χ3v) is 11.7. The summed E-state index contributed by atoms with van der Waals surface area (Å²) in [6.45, 7) is 13.6. The number of aliphatic hydroxyl groups excluding tert-OH is 1. The summed E-state index contributed by atoms with van der Waals surface area (Å²) in [5.74, 6) is -3.99. The van der Waals surface area contributed by atoms with Crippen LogP contribution in [-0.4, -0.2) is 151 Å². The smallest absolute Gasteiger partial charge is 0.306 e. The summed E-state index contributed by atoms with van der Waals surface area (Å²) in [5, 5.41) is 23.5. The summed E-state index contributed by atoms with van der Waals surface area (Å²) in [7, 11) is 4.86. The second-order valence-corrected chi connectivity index (χ2v) is 17.6. The fourth-order valence-corrected chi connectivity index (χ4v) is 8.61. The molecule has 0 aromatic rings. The van der Waals surface area contributed by atoms with Crippen LogP contribution in [0.4, 0.5) is 0 Å². The highest BCUT2D eigenvalue weighted by Gasteiger charge is 2.53. The van der Waals surface area contributed by atoms with E-state index in [1.807, 2.05) is 13.8 Å². The number of hydrogen-bond acceptors (Lipinski definition) is 16. The molecule has 0 saturated carbocycles. The van der Waals surface area contributed by atoms with Crippen molar-refractivity contribution in [3.05, 3.63) is 12.2 Å². The van der Waals surface area contributed by atoms with Crippen molar-refractivity contribution in [2.45, 2.75) is 179 Å². The van der Waals surface area contributed by atoms with Crippen molar-refractivity contribution < 1.29 is 72.1 Å². The van der Waals surface area contributed by atoms with E-state index in [0.29, 0.717) is 12.7 Å². The average molecular weight is 826 g/mol. The predicted molar refractivity (Wildman–Crippen MR) is 207 cm³/mol. The fourth-order valence-electron chi connectivity index (χ4n) is 8.61. The van der Waals surface area contributed by atoms with E-state index in [2.05, 4.69) is 0 Å². The minimum Gasteiger partial charge on any atom is -0.463 e. The maximum Gasteiger partial charge on any atom is 0.306 e. The molecule has 3 fully saturated rings. The third kappa shape index (κ3) is 12.4. The average Bonchev–Trinajstić information content (AvgIpc) is 3.85. The van der Waals surface area contributed by atoms with E-state index in [-0.39, 0.29) is 61.8 Å². The molecule has 2 N–H and O–H groups in total. The minimum absolute atomic E-state index is 0.0463. The Bertz CT molecular complexity index is 1450. The Hall–Kier alpha value is -2.67. The van der Waals surface area contributed by atoms with Gasteiger partial charge in [0.15, 0.2) is 24.5 Å². The van der Waals surface area contributed by atoms with Gasteiger partial charge in [0.2, 0.25) is 0 Å². The first-order valence-corrected chi connectivity index (χ1v) is 20.6. The number of aliphatic hydroxyl groups is 2. The van der Waals surface area contributed by atoms with Gasteiger partial charge in [0.25, 0.3) is 0 Å². The van der Waals surface area contributed by atoms with E-state index in [0.717, 1.165) is 0 Å². The lowest BCUT2D eigenvalue weighted by atomic mass is 9.79. The molecule has 0 bridgehead atoms. The molecule has 0 aromatic carbocycles. The number of ether oxygens (including phenoxy) is 8. The highest BCUT2D eigenvalue weighted by molar-refractivity contribution is 5.91. The summed E-state index contributed by atoms with van der Waals surface area (Å²) in [4.78, 5) is 66.5. The Labute approximate surface area is 342 Å². The molecule has 4 aliphatic heterocycles. The lowest BCUT2D eigenvalue weighted by Gasteiger charge is -2.50. The largest absolute Gasteiger partial charge is 0.463 e. The van der Waals surface area contributed by atoms with E-state index in [1.165, 1.54) is 20.1 Å². The second-order valence-electron chi connectivity index (χ2n) is 17.6. The summed E-state index contributed by atoms with van der Waals surface area (Å²) < 4.78 is 48.6. The number of rotatable bonds is 12. The molecule has 0 amide bonds. The maximum absolute atomic E-state index is 13.4. The zero-order valence-corrected chi connectivity index (χ0v) is 35.9. The number of carbonyl (C=O) groups is 5. The molecular weight excluding hydrogens is 758 g/mol. The standard InChI is InChI=1S/C42H67NO15/c1-21(2)16-32(47)56-40-26(7)53-34(20-42(40,8)50)57-37-25(6)54-41(36(49)35(37)43(9)10)58-38-27(14-15-44)17-22(3)29(46)12-13-30-31(55-30)18-23(4)52-33(48)19-28(24(5)45)39(38)51-11/h12-13,15,21-23,25-28,30-31,34-41,49-50H,14,16-20H2,1-11H3. The number of Topliss-reactive ketones (excluding diaryl/α,β-unsaturated/α-hetero) is 1. The second kappa shape index (κ2) is 20.7. The van der Waals surface area contributed by atoms with Crippen LogP contribution < -0.4 is 0 Å². The normalized spacial score (nSPS) is 41.8. The van der Waals surface area contributed by atoms with Crippen LogP contribution in [0, 0.1) is 23.7 Å². The van der Waals surface area contributed by atoms with Gasteiger partial charge < -0.3 is 57.8 Å². The molecule has 4 rings (SSSR count). The van der Waals surface area contributed by atoms with Crippen LogP contribution in [0.25, 0.3) is 0 Å². The number of nitrogens with zero attached hydrogens (tertiary/aromatic N) is 1. The molecule has 58 heavy (non-hydrogen) atoms. The minimum atomic E-state index is -1.50. The Morgan fingerprint density at radius 3 is 2.29 bits per heavy atom. The lowest BCUT2D eigenvalue weighted by Crippen LogP contribution is -2.66. The number of esters is 2. The van der Waals surface area contributed by atoms with Gasteiger partial charge in [-0.05, 0) is 79.1 Å². The van der Waals surface area contributed by atoms with Gasteiger partial charge in [-0.25, -0.2) is 0 Å². The van der Waals surface area contributed by atoms with Gasteiger partial charge in [0.1, 0.15) is 42.1 Å². The number of hydrogen-bond donors (Lipinski definition) is 2. The van der Waals surface area contributed by atoms with Gasteiger partial charge in [0, 0.05) is 38.7 Å². The molecule has 3 saturated heterocycles. The molecule has 16 nitrogen and oxygen atoms in total. The van der Waals surface area contributed by atoms with Crippen LogP contribution in [0.1, 0.15) is 93.9 Å². The number of allylic oxidation sites excluding steroid dienone is 1. The monoisotopic (exact) mass is 825 g/mol. The molecule has 17 atom stereocenters. The Morgan fingerprint density at radius 2 is 1.71 bits per heavy atom. The molecule has 0 spiro atoms. The molecule has 0 aliphatic carbocycles. The number of ketones is 2. The van der Waals surface area contributed by atoms with Crippen molar-refractivity contribution in [2.75, 3.05) is 21.2 Å². The molecule has 4 aliphatic rings. The zero-order chi connectivity index (χ0) is 43.2. The Morgan fingerprint density at radius 1 is 1.02 bits per heavy atom. The van der Waals surface area contributed by atoms with E-state index in [1.54, 1.807) is 59.7 Å². The molecule has 0 aromatic heterocycles. The van der Waals surface area contributed by atoms with Gasteiger partial charge in [0.05, 0.1) is 48.9 Å². The van der Waals surface area contributed by atoms with Crippen molar-refractivity contribution in [1.82, 2.24) is 4.90 Å². The summed E-state index contributed by atoms with van der Waals surface area (Å²) in [6.07, 6.45) is -6.22. The number of methoxy groups -OCH3 is 1. The van der Waals surface area contributed by atoms with Crippen molar-refractivity contribution >= 4 is 29.8 Å². The topological polar surface area (TPSA) is 206 Å². The lowest BCUT2D eigenvalue weighted by molar-refractivity contribution is -0.343. The van der Waals surface area contributed by atoms with Crippen molar-refractivity contribution in [3.8, 4) is 0 Å². The number of fused-ring (bicyclic) bond motifs is 1. The highest BCUT2D eigenvalue weighted by atomic mass is 16.7. The number of epoxide rings is 1. The first-order chi connectivity index (χ1) is 27.2. The molecule has 17 unspecified atom stereocenters. The number of aldehydes is 1. The molecule has 4 heterocycles.